The topological polar surface area (TPSA) is 51.8 Å². The Kier molecular flexibility index (Phi) is 7.71. The van der Waals surface area contributed by atoms with Crippen LogP contribution in [0.1, 0.15) is 43.7 Å². The Hall–Kier alpha value is -6.91. The number of aromatic nitrogens is 3. The summed E-state index contributed by atoms with van der Waals surface area (Å²) in [5.74, 6) is 3.26. The Labute approximate surface area is 344 Å². The highest BCUT2D eigenvalue weighted by Crippen LogP contribution is 2.63. The van der Waals surface area contributed by atoms with E-state index in [0.29, 0.717) is 23.4 Å². The molecule has 3 unspecified atom stereocenters. The number of nitrogens with zero attached hydrogens (tertiary/aromatic N) is 3. The molecule has 3 aliphatic carbocycles. The van der Waals surface area contributed by atoms with Crippen LogP contribution in [-0.2, 0) is 5.41 Å². The maximum Gasteiger partial charge on any atom is 0.164 e. The van der Waals surface area contributed by atoms with Gasteiger partial charge in [0.1, 0.15) is 11.2 Å². The molecule has 59 heavy (non-hydrogen) atoms. The van der Waals surface area contributed by atoms with Gasteiger partial charge in [-0.3, -0.25) is 0 Å². The van der Waals surface area contributed by atoms with Crippen LogP contribution in [0.2, 0.25) is 0 Å². The van der Waals surface area contributed by atoms with Crippen LogP contribution in [0, 0.1) is 11.8 Å². The van der Waals surface area contributed by atoms with Gasteiger partial charge in [0, 0.05) is 32.9 Å². The monoisotopic (exact) mass is 759 g/mol. The van der Waals surface area contributed by atoms with Gasteiger partial charge in [0.2, 0.25) is 0 Å². The van der Waals surface area contributed by atoms with Gasteiger partial charge < -0.3 is 4.42 Å². The summed E-state index contributed by atoms with van der Waals surface area (Å²) in [6, 6.07) is 58.2. The fourth-order valence-electron chi connectivity index (χ4n) is 10.8. The lowest BCUT2D eigenvalue weighted by atomic mass is 9.57. The van der Waals surface area contributed by atoms with E-state index in [-0.39, 0.29) is 5.41 Å². The fraction of sp³-hybridized carbons (Fsp3) is 0.145. The van der Waals surface area contributed by atoms with Crippen molar-refractivity contribution in [3.63, 3.8) is 0 Å². The first-order valence-corrected chi connectivity index (χ1v) is 21.0. The van der Waals surface area contributed by atoms with E-state index in [2.05, 4.69) is 153 Å². The van der Waals surface area contributed by atoms with Crippen molar-refractivity contribution >= 4 is 21.9 Å². The van der Waals surface area contributed by atoms with Gasteiger partial charge in [-0.2, -0.15) is 0 Å². The van der Waals surface area contributed by atoms with Gasteiger partial charge in [0.25, 0.3) is 0 Å². The Morgan fingerprint density at radius 1 is 0.525 bits per heavy atom. The minimum atomic E-state index is -0.130. The average Bonchev–Trinajstić information content (AvgIpc) is 3.82. The van der Waals surface area contributed by atoms with E-state index >= 15 is 0 Å². The first-order valence-electron chi connectivity index (χ1n) is 21.0. The molecule has 1 saturated carbocycles. The smallest absolute Gasteiger partial charge is 0.164 e. The number of benzene rings is 7. The second kappa shape index (κ2) is 13.3. The molecular weight excluding hydrogens is 719 g/mol. The summed E-state index contributed by atoms with van der Waals surface area (Å²) in [6.45, 7) is 2.41. The summed E-state index contributed by atoms with van der Waals surface area (Å²) < 4.78 is 6.67. The second-order valence-electron chi connectivity index (χ2n) is 16.8. The van der Waals surface area contributed by atoms with Gasteiger partial charge >= 0.3 is 0 Å². The Morgan fingerprint density at radius 2 is 1.10 bits per heavy atom. The molecule has 0 amide bonds. The molecule has 7 aromatic carbocycles. The van der Waals surface area contributed by atoms with E-state index in [1.165, 1.54) is 58.2 Å². The molecule has 282 valence electrons. The third-order valence-electron chi connectivity index (χ3n) is 13.3. The summed E-state index contributed by atoms with van der Waals surface area (Å²) in [7, 11) is 0. The third kappa shape index (κ3) is 5.39. The highest BCUT2D eigenvalue weighted by Gasteiger charge is 2.50. The van der Waals surface area contributed by atoms with Crippen LogP contribution >= 0.6 is 0 Å². The predicted octanol–water partition coefficient (Wildman–Crippen LogP) is 14.1. The molecule has 4 heteroatoms. The van der Waals surface area contributed by atoms with Crippen molar-refractivity contribution in [2.45, 2.75) is 38.0 Å². The lowest BCUT2D eigenvalue weighted by Crippen LogP contribution is -2.37. The zero-order valence-electron chi connectivity index (χ0n) is 32.9. The second-order valence-corrected chi connectivity index (χ2v) is 16.8. The molecule has 1 fully saturated rings. The van der Waals surface area contributed by atoms with Crippen molar-refractivity contribution in [2.24, 2.45) is 11.8 Å². The van der Waals surface area contributed by atoms with Crippen molar-refractivity contribution in [1.82, 2.24) is 15.0 Å². The maximum absolute atomic E-state index is 6.67. The van der Waals surface area contributed by atoms with Crippen molar-refractivity contribution < 1.29 is 4.42 Å². The highest BCUT2D eigenvalue weighted by atomic mass is 16.3. The molecule has 0 radical (unpaired) electrons. The van der Waals surface area contributed by atoms with Gasteiger partial charge in [0.05, 0.1) is 0 Å². The van der Waals surface area contributed by atoms with Gasteiger partial charge in [0.15, 0.2) is 17.5 Å². The molecular formula is C55H41N3O. The first kappa shape index (κ1) is 34.2. The van der Waals surface area contributed by atoms with Crippen LogP contribution in [0.3, 0.4) is 0 Å². The van der Waals surface area contributed by atoms with Crippen LogP contribution in [0.15, 0.2) is 180 Å². The lowest BCUT2D eigenvalue weighted by molar-refractivity contribution is 0.285. The molecule has 3 aliphatic rings. The van der Waals surface area contributed by atoms with Gasteiger partial charge in [-0.1, -0.05) is 158 Å². The van der Waals surface area contributed by atoms with Gasteiger partial charge in [-0.15, -0.1) is 0 Å². The van der Waals surface area contributed by atoms with E-state index in [4.69, 9.17) is 19.4 Å². The summed E-state index contributed by atoms with van der Waals surface area (Å²) >= 11 is 0. The van der Waals surface area contributed by atoms with Crippen molar-refractivity contribution in [1.29, 1.82) is 0 Å². The summed E-state index contributed by atoms with van der Waals surface area (Å²) in [6.07, 6.45) is 7.51. The van der Waals surface area contributed by atoms with Gasteiger partial charge in [-0.25, -0.2) is 15.0 Å². The third-order valence-corrected chi connectivity index (χ3v) is 13.3. The minimum Gasteiger partial charge on any atom is -0.456 e. The summed E-state index contributed by atoms with van der Waals surface area (Å²) in [5.41, 5.74) is 16.5. The van der Waals surface area contributed by atoms with E-state index < -0.39 is 0 Å². The van der Waals surface area contributed by atoms with E-state index in [0.717, 1.165) is 56.5 Å². The number of furan rings is 1. The normalized spacial score (nSPS) is 19.2. The molecule has 4 nitrogen and oxygen atoms in total. The summed E-state index contributed by atoms with van der Waals surface area (Å²) in [4.78, 5) is 15.3. The first-order chi connectivity index (χ1) is 29.1. The Morgan fingerprint density at radius 3 is 1.88 bits per heavy atom. The molecule has 2 aromatic heterocycles. The molecule has 1 spiro atoms. The Balaban J connectivity index is 1.04. The SMILES string of the molecule is CC1C=C2CC(CCC23c2ccccc2-c2cccc(-c4cccc5oc6ccc(-c7nc(-c8ccccc8)nc(-c8ccc(-c9ccccc9)cc8)n7)cc6c45)c23)C1. The van der Waals surface area contributed by atoms with Crippen molar-refractivity contribution in [2.75, 3.05) is 0 Å². The predicted molar refractivity (Wildman–Crippen MR) is 240 cm³/mol. The minimum absolute atomic E-state index is 0.130. The molecule has 0 N–H and O–H groups in total. The van der Waals surface area contributed by atoms with Crippen LogP contribution < -0.4 is 0 Å². The van der Waals surface area contributed by atoms with E-state index in [9.17, 15) is 0 Å². The number of rotatable bonds is 5. The zero-order valence-corrected chi connectivity index (χ0v) is 32.9. The average molecular weight is 760 g/mol. The number of hydrogen-bond acceptors (Lipinski definition) is 4. The molecule has 2 heterocycles. The zero-order chi connectivity index (χ0) is 39.1. The standard InChI is InChI=1S/C55H41N3O/c1-34-30-35-28-29-55(41(31-34)32-35)47-20-9-8-16-42(47)44-18-10-19-45(51(44)55)43-17-11-21-49-50(43)46-33-40(26-27-48(46)59-49)54-57-52(38-14-6-3-7-15-38)56-53(58-54)39-24-22-37(23-25-39)36-12-4-2-5-13-36/h2-27,31,33-35H,28-30,32H2,1H3. The van der Waals surface area contributed by atoms with E-state index in [1.54, 1.807) is 5.57 Å². The Bertz CT molecular complexity index is 3130. The number of hydrogen-bond donors (Lipinski definition) is 0. The number of allylic oxidation sites excluding steroid dienone is 2. The quantitative estimate of drug-likeness (QED) is 0.164. The van der Waals surface area contributed by atoms with Crippen LogP contribution in [0.4, 0.5) is 0 Å². The van der Waals surface area contributed by atoms with Crippen molar-refractivity contribution in [3.05, 3.63) is 187 Å². The lowest BCUT2D eigenvalue weighted by Gasteiger charge is -2.46. The summed E-state index contributed by atoms with van der Waals surface area (Å²) in [5, 5.41) is 2.18. The number of fused-ring (bicyclic) bond motifs is 11. The largest absolute Gasteiger partial charge is 0.456 e. The molecule has 0 saturated heterocycles. The maximum atomic E-state index is 6.67. The highest BCUT2D eigenvalue weighted by molar-refractivity contribution is 6.14. The molecule has 3 atom stereocenters. The fourth-order valence-corrected chi connectivity index (χ4v) is 10.8. The van der Waals surface area contributed by atoms with E-state index in [1.807, 2.05) is 24.3 Å². The van der Waals surface area contributed by atoms with Gasteiger partial charge in [-0.05, 0) is 106 Å². The molecule has 2 bridgehead atoms. The molecule has 12 rings (SSSR count). The van der Waals surface area contributed by atoms with Crippen LogP contribution in [0.25, 0.3) is 89.5 Å². The molecule has 0 aliphatic heterocycles. The van der Waals surface area contributed by atoms with Crippen LogP contribution in [-0.4, -0.2) is 15.0 Å². The molecule has 9 aromatic rings. The van der Waals surface area contributed by atoms with Crippen LogP contribution in [0.5, 0.6) is 0 Å². The van der Waals surface area contributed by atoms with Crippen molar-refractivity contribution in [3.8, 4) is 67.5 Å².